The van der Waals surface area contributed by atoms with Gasteiger partial charge in [0, 0.05) is 18.5 Å². The van der Waals surface area contributed by atoms with Gasteiger partial charge in [-0.05, 0) is 18.2 Å². The molecule has 0 saturated heterocycles. The normalized spacial score (nSPS) is 11.2. The molecule has 24 heavy (non-hydrogen) atoms. The van der Waals surface area contributed by atoms with E-state index in [1.807, 2.05) is 18.2 Å². The van der Waals surface area contributed by atoms with Gasteiger partial charge in [-0.3, -0.25) is 4.79 Å². The maximum absolute atomic E-state index is 12.2. The van der Waals surface area contributed by atoms with Crippen LogP contribution in [0.5, 0.6) is 0 Å². The molecule has 0 bridgehead atoms. The van der Waals surface area contributed by atoms with Crippen LogP contribution in [0.15, 0.2) is 30.0 Å². The fraction of sp³-hybridized carbons (Fsp3) is 0.133. The smallest absolute Gasteiger partial charge is 0.224 e. The minimum atomic E-state index is -0.0938. The first-order valence-corrected chi connectivity index (χ1v) is 8.15. The number of aryl methyl sites for hydroxylation is 1. The van der Waals surface area contributed by atoms with Crippen LogP contribution in [0.3, 0.4) is 0 Å². The average molecular weight is 339 g/mol. The lowest BCUT2D eigenvalue weighted by Gasteiger charge is -2.06. The number of anilines is 2. The molecule has 0 aliphatic carbocycles. The van der Waals surface area contributed by atoms with E-state index < -0.39 is 0 Å². The molecule has 0 aliphatic rings. The van der Waals surface area contributed by atoms with Crippen LogP contribution in [0, 0.1) is 0 Å². The maximum Gasteiger partial charge on any atom is 0.224 e. The molecule has 0 unspecified atom stereocenters. The van der Waals surface area contributed by atoms with Gasteiger partial charge in [0.1, 0.15) is 5.52 Å². The lowest BCUT2D eigenvalue weighted by molar-refractivity contribution is -0.116. The number of H-pyrrole nitrogens is 1. The summed E-state index contributed by atoms with van der Waals surface area (Å²) in [4.78, 5) is 31.7. The number of aromatic nitrogens is 5. The molecular formula is C15H13N7OS. The van der Waals surface area contributed by atoms with E-state index in [0.29, 0.717) is 23.3 Å². The highest BCUT2D eigenvalue weighted by Crippen LogP contribution is 2.22. The summed E-state index contributed by atoms with van der Waals surface area (Å²) >= 11 is 1.54. The second-order valence-corrected chi connectivity index (χ2v) is 6.10. The zero-order valence-electron chi connectivity index (χ0n) is 12.5. The molecule has 1 aromatic carbocycles. The van der Waals surface area contributed by atoms with Crippen molar-refractivity contribution in [1.82, 2.24) is 24.9 Å². The summed E-state index contributed by atoms with van der Waals surface area (Å²) in [5.74, 6) is 0.0596. The third kappa shape index (κ3) is 2.76. The van der Waals surface area contributed by atoms with Gasteiger partial charge >= 0.3 is 0 Å². The van der Waals surface area contributed by atoms with Crippen molar-refractivity contribution < 1.29 is 4.79 Å². The number of imidazole rings is 1. The lowest BCUT2D eigenvalue weighted by atomic mass is 10.2. The van der Waals surface area contributed by atoms with Crippen molar-refractivity contribution >= 4 is 50.3 Å². The van der Waals surface area contributed by atoms with E-state index in [2.05, 4.69) is 30.2 Å². The molecule has 0 saturated carbocycles. The molecule has 0 aliphatic heterocycles. The summed E-state index contributed by atoms with van der Waals surface area (Å²) in [7, 11) is 0. The van der Waals surface area contributed by atoms with Gasteiger partial charge in [0.15, 0.2) is 5.65 Å². The van der Waals surface area contributed by atoms with Gasteiger partial charge < -0.3 is 16.0 Å². The summed E-state index contributed by atoms with van der Waals surface area (Å²) in [6.45, 7) is 0. The van der Waals surface area contributed by atoms with E-state index in [9.17, 15) is 4.79 Å². The lowest BCUT2D eigenvalue weighted by Crippen LogP contribution is -2.13. The van der Waals surface area contributed by atoms with E-state index in [-0.39, 0.29) is 18.3 Å². The zero-order chi connectivity index (χ0) is 16.5. The summed E-state index contributed by atoms with van der Waals surface area (Å²) in [6.07, 6.45) is 2.26. The Bertz CT molecular complexity index is 1040. The van der Waals surface area contributed by atoms with Crippen molar-refractivity contribution in [3.05, 3.63) is 35.7 Å². The predicted octanol–water partition coefficient (Wildman–Crippen LogP) is 2.12. The first kappa shape index (κ1) is 14.5. The maximum atomic E-state index is 12.2. The first-order valence-electron chi connectivity index (χ1n) is 7.27. The van der Waals surface area contributed by atoms with Crippen LogP contribution in [-0.2, 0) is 11.2 Å². The largest absolute Gasteiger partial charge is 0.368 e. The molecule has 8 nitrogen and oxygen atoms in total. The zero-order valence-corrected chi connectivity index (χ0v) is 13.3. The minimum absolute atomic E-state index is 0.0938. The number of aromatic amines is 1. The fourth-order valence-electron chi connectivity index (χ4n) is 2.48. The number of rotatable bonds is 4. The van der Waals surface area contributed by atoms with Crippen molar-refractivity contribution in [1.29, 1.82) is 0 Å². The molecule has 0 spiro atoms. The van der Waals surface area contributed by atoms with Crippen LogP contribution < -0.4 is 11.1 Å². The topological polar surface area (TPSA) is 122 Å². The molecule has 9 heteroatoms. The number of nitrogens with two attached hydrogens (primary N) is 1. The molecular weight excluding hydrogens is 326 g/mol. The van der Waals surface area contributed by atoms with Gasteiger partial charge in [-0.25, -0.2) is 15.0 Å². The van der Waals surface area contributed by atoms with Gasteiger partial charge in [-0.15, -0.1) is 11.3 Å². The number of thiazole rings is 1. The van der Waals surface area contributed by atoms with Crippen LogP contribution in [0.1, 0.15) is 12.1 Å². The number of nitrogens with one attached hydrogen (secondary N) is 2. The molecule has 4 rings (SSSR count). The quantitative estimate of drug-likeness (QED) is 0.523. The molecule has 0 fully saturated rings. The monoisotopic (exact) mass is 339 g/mol. The highest BCUT2D eigenvalue weighted by Gasteiger charge is 2.11. The molecule has 120 valence electrons. The Hall–Kier alpha value is -3.07. The Morgan fingerprint density at radius 1 is 1.29 bits per heavy atom. The van der Waals surface area contributed by atoms with Crippen molar-refractivity contribution in [3.8, 4) is 0 Å². The molecule has 4 aromatic rings. The van der Waals surface area contributed by atoms with Crippen molar-refractivity contribution in [2.24, 2.45) is 0 Å². The number of benzene rings is 1. The van der Waals surface area contributed by atoms with Crippen molar-refractivity contribution in [2.45, 2.75) is 12.8 Å². The highest BCUT2D eigenvalue weighted by atomic mass is 32.1. The van der Waals surface area contributed by atoms with E-state index >= 15 is 0 Å². The summed E-state index contributed by atoms with van der Waals surface area (Å²) in [5.41, 5.74) is 11.0. The van der Waals surface area contributed by atoms with Gasteiger partial charge in [-0.1, -0.05) is 0 Å². The Labute approximate surface area is 140 Å². The Morgan fingerprint density at radius 2 is 2.21 bits per heavy atom. The minimum Gasteiger partial charge on any atom is -0.368 e. The summed E-state index contributed by atoms with van der Waals surface area (Å²) < 4.78 is 1.04. The van der Waals surface area contributed by atoms with Gasteiger partial charge in [0.25, 0.3) is 0 Å². The molecule has 0 atom stereocenters. The van der Waals surface area contributed by atoms with E-state index in [1.54, 1.807) is 5.51 Å². The SMILES string of the molecule is Nc1nc(CCC(=O)Nc2ccc3ncsc3c2)c2[nH]cnc2n1. The van der Waals surface area contributed by atoms with Crippen LogP contribution in [-0.4, -0.2) is 30.8 Å². The number of carbonyl (C=O) groups excluding carboxylic acids is 1. The summed E-state index contributed by atoms with van der Waals surface area (Å²) in [5, 5.41) is 2.89. The van der Waals surface area contributed by atoms with E-state index in [0.717, 1.165) is 15.9 Å². The highest BCUT2D eigenvalue weighted by molar-refractivity contribution is 7.16. The van der Waals surface area contributed by atoms with Crippen molar-refractivity contribution in [2.75, 3.05) is 11.1 Å². The molecule has 1 amide bonds. The van der Waals surface area contributed by atoms with Gasteiger partial charge in [0.2, 0.25) is 11.9 Å². The molecule has 0 radical (unpaired) electrons. The second-order valence-electron chi connectivity index (χ2n) is 5.21. The van der Waals surface area contributed by atoms with E-state index in [1.165, 1.54) is 17.7 Å². The Balaban J connectivity index is 1.46. The number of fused-ring (bicyclic) bond motifs is 2. The summed E-state index contributed by atoms with van der Waals surface area (Å²) in [6, 6.07) is 5.65. The van der Waals surface area contributed by atoms with Crippen LogP contribution in [0.4, 0.5) is 11.6 Å². The Morgan fingerprint density at radius 3 is 3.12 bits per heavy atom. The number of hydrogen-bond donors (Lipinski definition) is 3. The van der Waals surface area contributed by atoms with Gasteiger partial charge in [0.05, 0.1) is 27.7 Å². The third-order valence-electron chi connectivity index (χ3n) is 3.58. The van der Waals surface area contributed by atoms with Gasteiger partial charge in [-0.2, -0.15) is 4.98 Å². The molecule has 4 N–H and O–H groups in total. The number of nitrogens with zero attached hydrogens (tertiary/aromatic N) is 4. The third-order valence-corrected chi connectivity index (χ3v) is 4.37. The predicted molar refractivity (Wildman–Crippen MR) is 92.7 cm³/mol. The Kier molecular flexibility index (Phi) is 3.54. The fourth-order valence-corrected chi connectivity index (χ4v) is 3.20. The van der Waals surface area contributed by atoms with Crippen molar-refractivity contribution in [3.63, 3.8) is 0 Å². The number of amides is 1. The first-order chi connectivity index (χ1) is 11.7. The molecule has 3 heterocycles. The standard InChI is InChI=1S/C15H13N7OS/c16-15-21-10(13-14(22-15)18-6-17-13)3-4-12(23)20-8-1-2-9-11(5-8)24-7-19-9/h1-2,5-7H,3-4H2,(H,20,23)(H3,16,17,18,21,22). The average Bonchev–Trinajstić information content (AvgIpc) is 3.20. The van der Waals surface area contributed by atoms with E-state index in [4.69, 9.17) is 5.73 Å². The number of carbonyl (C=O) groups is 1. The van der Waals surface area contributed by atoms with Crippen LogP contribution >= 0.6 is 11.3 Å². The molecule has 3 aromatic heterocycles. The number of hydrogen-bond acceptors (Lipinski definition) is 7. The number of nitrogen functional groups attached to an aromatic ring is 1. The van der Waals surface area contributed by atoms with Crippen LogP contribution in [0.2, 0.25) is 0 Å². The second kappa shape index (κ2) is 5.85. The van der Waals surface area contributed by atoms with Crippen LogP contribution in [0.25, 0.3) is 21.4 Å².